The smallest absolute Gasteiger partial charge is 0.337 e. The van der Waals surface area contributed by atoms with Gasteiger partial charge in [-0.2, -0.15) is 5.10 Å². The van der Waals surface area contributed by atoms with Gasteiger partial charge in [-0.25, -0.2) is 9.78 Å². The minimum atomic E-state index is -1.15. The molecular formula is C31H30ClN3O3S. The maximum atomic E-state index is 12.5. The zero-order valence-electron chi connectivity index (χ0n) is 22.7. The maximum absolute atomic E-state index is 12.5. The number of hydrogen-bond donors (Lipinski definition) is 1. The van der Waals surface area contributed by atoms with Crippen LogP contribution in [-0.4, -0.2) is 31.4 Å². The van der Waals surface area contributed by atoms with Crippen molar-refractivity contribution in [1.82, 2.24) is 14.8 Å². The van der Waals surface area contributed by atoms with Crippen LogP contribution in [0, 0.1) is 13.8 Å². The zero-order chi connectivity index (χ0) is 28.1. The van der Waals surface area contributed by atoms with E-state index in [-0.39, 0.29) is 0 Å². The topological polar surface area (TPSA) is 77.2 Å². The molecule has 0 aliphatic carbocycles. The van der Waals surface area contributed by atoms with Crippen molar-refractivity contribution in [3.63, 3.8) is 0 Å². The van der Waals surface area contributed by atoms with Gasteiger partial charge in [0.05, 0.1) is 22.0 Å². The molecule has 8 heteroatoms. The Bertz CT molecular complexity index is 1680. The standard InChI is InChI=1S/C31H30ClN3O3S/c1-17-15-24-28(39-29(34-24)21-9-7-19(8-10-21)23-16-33-35(6)18(23)2)26(20-11-13-22(32)14-12-20)25(17)27(30(36)37)38-31(3,4)5/h7-16,27H,1-6H3,(H,36,37)/t27-/m0/s1. The number of aromatic nitrogens is 3. The number of benzene rings is 3. The van der Waals surface area contributed by atoms with Crippen LogP contribution in [0.1, 0.15) is 43.7 Å². The summed E-state index contributed by atoms with van der Waals surface area (Å²) in [6, 6.07) is 17.7. The van der Waals surface area contributed by atoms with E-state index in [0.29, 0.717) is 10.6 Å². The fourth-order valence-corrected chi connectivity index (χ4v) is 5.99. The third kappa shape index (κ3) is 5.35. The molecule has 1 atom stereocenters. The molecule has 5 aromatic rings. The lowest BCUT2D eigenvalue weighted by molar-refractivity contribution is -0.160. The summed E-state index contributed by atoms with van der Waals surface area (Å²) in [6.45, 7) is 9.55. The number of fused-ring (bicyclic) bond motifs is 1. The van der Waals surface area contributed by atoms with Gasteiger partial charge in [0.25, 0.3) is 0 Å². The third-order valence-electron chi connectivity index (χ3n) is 6.70. The molecule has 6 nitrogen and oxygen atoms in total. The SMILES string of the molecule is Cc1cc2nc(-c3ccc(-c4cnn(C)c4C)cc3)sc2c(-c2ccc(Cl)cc2)c1[C@H](OC(C)(C)C)C(=O)O. The first kappa shape index (κ1) is 27.1. The maximum Gasteiger partial charge on any atom is 0.337 e. The molecule has 1 N–H and O–H groups in total. The number of aryl methyl sites for hydroxylation is 2. The van der Waals surface area contributed by atoms with E-state index in [1.165, 1.54) is 0 Å². The van der Waals surface area contributed by atoms with Crippen LogP contribution in [0.3, 0.4) is 0 Å². The zero-order valence-corrected chi connectivity index (χ0v) is 24.3. The van der Waals surface area contributed by atoms with Gasteiger partial charge in [-0.05, 0) is 69.5 Å². The number of hydrogen-bond acceptors (Lipinski definition) is 5. The van der Waals surface area contributed by atoms with Crippen molar-refractivity contribution in [1.29, 1.82) is 0 Å². The van der Waals surface area contributed by atoms with Gasteiger partial charge in [-0.3, -0.25) is 4.68 Å². The van der Waals surface area contributed by atoms with Crippen molar-refractivity contribution in [3.8, 4) is 32.8 Å². The Balaban J connectivity index is 1.69. The van der Waals surface area contributed by atoms with E-state index in [1.807, 2.05) is 76.0 Å². The van der Waals surface area contributed by atoms with Crippen LogP contribution in [-0.2, 0) is 16.6 Å². The van der Waals surface area contributed by atoms with Crippen LogP contribution in [0.5, 0.6) is 0 Å². The van der Waals surface area contributed by atoms with Crippen molar-refractivity contribution < 1.29 is 14.6 Å². The van der Waals surface area contributed by atoms with E-state index in [1.54, 1.807) is 11.3 Å². The monoisotopic (exact) mass is 559 g/mol. The Hall–Kier alpha value is -3.52. The van der Waals surface area contributed by atoms with Gasteiger partial charge in [-0.15, -0.1) is 11.3 Å². The van der Waals surface area contributed by atoms with Crippen LogP contribution in [0.2, 0.25) is 5.02 Å². The molecule has 0 saturated heterocycles. The lowest BCUT2D eigenvalue weighted by atomic mass is 9.91. The van der Waals surface area contributed by atoms with E-state index in [9.17, 15) is 9.90 Å². The summed E-state index contributed by atoms with van der Waals surface area (Å²) in [5, 5.41) is 16.1. The number of thiazole rings is 1. The summed E-state index contributed by atoms with van der Waals surface area (Å²) < 4.78 is 8.88. The average Bonchev–Trinajstić information content (AvgIpc) is 3.45. The van der Waals surface area contributed by atoms with Gasteiger partial charge in [0.15, 0.2) is 6.10 Å². The predicted molar refractivity (Wildman–Crippen MR) is 158 cm³/mol. The minimum absolute atomic E-state index is 0.610. The Morgan fingerprint density at radius 3 is 2.21 bits per heavy atom. The fraction of sp³-hybridized carbons (Fsp3) is 0.258. The quantitative estimate of drug-likeness (QED) is 0.227. The number of halogens is 1. The number of carbonyl (C=O) groups is 1. The first-order valence-electron chi connectivity index (χ1n) is 12.6. The van der Waals surface area contributed by atoms with Gasteiger partial charge in [-0.1, -0.05) is 48.0 Å². The number of carboxylic acids is 1. The number of nitrogens with zero attached hydrogens (tertiary/aromatic N) is 3. The normalized spacial score (nSPS) is 12.7. The van der Waals surface area contributed by atoms with Gasteiger partial charge < -0.3 is 9.84 Å². The summed E-state index contributed by atoms with van der Waals surface area (Å²) in [7, 11) is 1.93. The molecule has 0 amide bonds. The van der Waals surface area contributed by atoms with Crippen molar-refractivity contribution in [2.45, 2.75) is 46.3 Å². The molecule has 0 fully saturated rings. The molecule has 0 spiro atoms. The Morgan fingerprint density at radius 2 is 1.64 bits per heavy atom. The van der Waals surface area contributed by atoms with Crippen LogP contribution in [0.15, 0.2) is 60.8 Å². The van der Waals surface area contributed by atoms with Crippen LogP contribution >= 0.6 is 22.9 Å². The van der Waals surface area contributed by atoms with E-state index >= 15 is 0 Å². The van der Waals surface area contributed by atoms with Gasteiger partial charge in [0.1, 0.15) is 5.01 Å². The first-order chi connectivity index (χ1) is 18.4. The summed E-state index contributed by atoms with van der Waals surface area (Å²) >= 11 is 7.75. The Labute approximate surface area is 236 Å². The molecule has 0 unspecified atom stereocenters. The van der Waals surface area contributed by atoms with Gasteiger partial charge >= 0.3 is 5.97 Å². The molecule has 0 radical (unpaired) electrons. The van der Waals surface area contributed by atoms with E-state index in [4.69, 9.17) is 21.3 Å². The summed E-state index contributed by atoms with van der Waals surface area (Å²) in [5.74, 6) is -1.03. The van der Waals surface area contributed by atoms with Gasteiger partial charge in [0, 0.05) is 40.0 Å². The second kappa shape index (κ2) is 10.2. The summed E-state index contributed by atoms with van der Waals surface area (Å²) in [5.41, 5.74) is 7.55. The van der Waals surface area contributed by atoms with Crippen molar-refractivity contribution >= 4 is 39.1 Å². The lowest BCUT2D eigenvalue weighted by Gasteiger charge is -2.28. The fourth-order valence-electron chi connectivity index (χ4n) is 4.74. The van der Waals surface area contributed by atoms with E-state index in [0.717, 1.165) is 54.3 Å². The van der Waals surface area contributed by atoms with Crippen LogP contribution < -0.4 is 0 Å². The predicted octanol–water partition coefficient (Wildman–Crippen LogP) is 8.24. The van der Waals surface area contributed by atoms with Crippen molar-refractivity contribution in [2.24, 2.45) is 7.05 Å². The highest BCUT2D eigenvalue weighted by atomic mass is 35.5. The van der Waals surface area contributed by atoms with E-state index in [2.05, 4.69) is 36.3 Å². The third-order valence-corrected chi connectivity index (χ3v) is 8.09. The van der Waals surface area contributed by atoms with Crippen molar-refractivity contribution in [2.75, 3.05) is 0 Å². The average molecular weight is 560 g/mol. The van der Waals surface area contributed by atoms with Crippen LogP contribution in [0.4, 0.5) is 0 Å². The number of rotatable bonds is 6. The molecule has 2 aromatic heterocycles. The number of aliphatic carboxylic acids is 1. The summed E-state index contributed by atoms with van der Waals surface area (Å²) in [4.78, 5) is 17.5. The molecule has 0 bridgehead atoms. The molecule has 2 heterocycles. The molecule has 39 heavy (non-hydrogen) atoms. The largest absolute Gasteiger partial charge is 0.479 e. The van der Waals surface area contributed by atoms with E-state index < -0.39 is 17.7 Å². The first-order valence-corrected chi connectivity index (χ1v) is 13.8. The lowest BCUT2D eigenvalue weighted by Crippen LogP contribution is -2.28. The minimum Gasteiger partial charge on any atom is -0.479 e. The van der Waals surface area contributed by atoms with Gasteiger partial charge in [0.2, 0.25) is 0 Å². The van der Waals surface area contributed by atoms with Crippen LogP contribution in [0.25, 0.3) is 43.0 Å². The Morgan fingerprint density at radius 1 is 1.03 bits per heavy atom. The highest BCUT2D eigenvalue weighted by Crippen LogP contribution is 2.44. The number of carboxylic acid groups (broad SMARTS) is 1. The molecule has 0 saturated carbocycles. The van der Waals surface area contributed by atoms with Crippen molar-refractivity contribution in [3.05, 3.63) is 82.6 Å². The molecule has 0 aliphatic heterocycles. The second-order valence-corrected chi connectivity index (χ2v) is 12.1. The highest BCUT2D eigenvalue weighted by molar-refractivity contribution is 7.22. The summed E-state index contributed by atoms with van der Waals surface area (Å²) in [6.07, 6.45) is 0.733. The second-order valence-electron chi connectivity index (χ2n) is 10.6. The Kier molecular flexibility index (Phi) is 7.10. The molecule has 0 aliphatic rings. The highest BCUT2D eigenvalue weighted by Gasteiger charge is 2.32. The molecule has 200 valence electrons. The molecule has 3 aromatic carbocycles. The molecule has 5 rings (SSSR count). The molecular weight excluding hydrogens is 530 g/mol. The number of ether oxygens (including phenoxy) is 1.